The molecule has 0 aliphatic carbocycles. The molecule has 118 valence electrons. The third-order valence-corrected chi connectivity index (χ3v) is 2.71. The van der Waals surface area contributed by atoms with Crippen LogP contribution in [0.2, 0.25) is 0 Å². The number of amides is 1. The van der Waals surface area contributed by atoms with Crippen molar-refractivity contribution in [2.45, 2.75) is 6.92 Å². The van der Waals surface area contributed by atoms with Gasteiger partial charge in [-0.1, -0.05) is 0 Å². The fourth-order valence-electron chi connectivity index (χ4n) is 1.62. The number of carbonyl (C=O) groups is 1. The van der Waals surface area contributed by atoms with Crippen LogP contribution in [0.4, 0.5) is 21.9 Å². The van der Waals surface area contributed by atoms with Gasteiger partial charge >= 0.3 is 6.09 Å². The van der Waals surface area contributed by atoms with Gasteiger partial charge in [0, 0.05) is 18.7 Å². The molecule has 8 nitrogen and oxygen atoms in total. The third-order valence-electron chi connectivity index (χ3n) is 2.71. The van der Waals surface area contributed by atoms with Crippen LogP contribution in [0.25, 0.3) is 0 Å². The van der Waals surface area contributed by atoms with Crippen molar-refractivity contribution in [3.63, 3.8) is 0 Å². The lowest BCUT2D eigenvalue weighted by molar-refractivity contribution is -0.384. The Morgan fingerprint density at radius 2 is 1.61 bits per heavy atom. The number of nitro benzene ring substituents is 1. The van der Waals surface area contributed by atoms with Crippen LogP contribution in [0.3, 0.4) is 0 Å². The van der Waals surface area contributed by atoms with E-state index in [0.717, 1.165) is 0 Å². The summed E-state index contributed by atoms with van der Waals surface area (Å²) >= 11 is 0. The standard InChI is InChI=1S/C15H14N4O4/c1-2-16-15(20)23-14-9-5-12(6-10-14)18-17-11-3-7-13(8-4-11)19(21)22/h3-10H,2H2,1H3,(H,16,20). The number of rotatable bonds is 5. The zero-order valence-corrected chi connectivity index (χ0v) is 12.3. The monoisotopic (exact) mass is 314 g/mol. The highest BCUT2D eigenvalue weighted by atomic mass is 16.6. The van der Waals surface area contributed by atoms with Crippen molar-refractivity contribution in [3.8, 4) is 5.75 Å². The Bertz CT molecular complexity index is 711. The first-order valence-corrected chi connectivity index (χ1v) is 6.80. The van der Waals surface area contributed by atoms with Gasteiger partial charge in [0.1, 0.15) is 5.75 Å². The maximum Gasteiger partial charge on any atom is 0.412 e. The first-order chi connectivity index (χ1) is 11.1. The van der Waals surface area contributed by atoms with Gasteiger partial charge in [0.15, 0.2) is 0 Å². The quantitative estimate of drug-likeness (QED) is 0.509. The van der Waals surface area contributed by atoms with Crippen molar-refractivity contribution in [2.24, 2.45) is 10.2 Å². The van der Waals surface area contributed by atoms with Gasteiger partial charge < -0.3 is 10.1 Å². The second kappa shape index (κ2) is 7.64. The maximum absolute atomic E-state index is 11.3. The fraction of sp³-hybridized carbons (Fsp3) is 0.133. The van der Waals surface area contributed by atoms with E-state index in [1.165, 1.54) is 24.3 Å². The number of carbonyl (C=O) groups excluding carboxylic acids is 1. The number of hydrogen-bond donors (Lipinski definition) is 1. The molecule has 2 rings (SSSR count). The molecule has 2 aromatic rings. The highest BCUT2D eigenvalue weighted by Crippen LogP contribution is 2.22. The third kappa shape index (κ3) is 4.88. The van der Waals surface area contributed by atoms with E-state index in [2.05, 4.69) is 15.5 Å². The van der Waals surface area contributed by atoms with Crippen molar-refractivity contribution >= 4 is 23.2 Å². The molecule has 23 heavy (non-hydrogen) atoms. The molecule has 0 saturated carbocycles. The van der Waals surface area contributed by atoms with E-state index >= 15 is 0 Å². The molecular weight excluding hydrogens is 300 g/mol. The number of ether oxygens (including phenoxy) is 1. The normalized spacial score (nSPS) is 10.5. The van der Waals surface area contributed by atoms with E-state index in [0.29, 0.717) is 23.7 Å². The molecule has 8 heteroatoms. The molecule has 0 aromatic heterocycles. The summed E-state index contributed by atoms with van der Waals surface area (Å²) in [7, 11) is 0. The van der Waals surface area contributed by atoms with Gasteiger partial charge in [0.25, 0.3) is 5.69 Å². The number of nitrogens with zero attached hydrogens (tertiary/aromatic N) is 3. The van der Waals surface area contributed by atoms with E-state index in [1.807, 2.05) is 0 Å². The molecule has 0 aliphatic heterocycles. The van der Waals surface area contributed by atoms with Crippen LogP contribution < -0.4 is 10.1 Å². The average molecular weight is 314 g/mol. The Kier molecular flexibility index (Phi) is 5.35. The van der Waals surface area contributed by atoms with Crippen molar-refractivity contribution in [1.29, 1.82) is 0 Å². The molecule has 0 aliphatic rings. The van der Waals surface area contributed by atoms with Gasteiger partial charge in [0.05, 0.1) is 16.3 Å². The number of benzene rings is 2. The Balaban J connectivity index is 1.99. The van der Waals surface area contributed by atoms with Gasteiger partial charge in [-0.15, -0.1) is 0 Å². The molecule has 0 unspecified atom stereocenters. The van der Waals surface area contributed by atoms with Crippen LogP contribution in [-0.2, 0) is 0 Å². The van der Waals surface area contributed by atoms with Gasteiger partial charge in [-0.3, -0.25) is 10.1 Å². The minimum Gasteiger partial charge on any atom is -0.410 e. The second-order valence-corrected chi connectivity index (χ2v) is 4.39. The summed E-state index contributed by atoms with van der Waals surface area (Å²) in [5, 5.41) is 21.1. The summed E-state index contributed by atoms with van der Waals surface area (Å²) in [5.41, 5.74) is 1.06. The Morgan fingerprint density at radius 3 is 2.09 bits per heavy atom. The fourth-order valence-corrected chi connectivity index (χ4v) is 1.62. The topological polar surface area (TPSA) is 106 Å². The lowest BCUT2D eigenvalue weighted by atomic mass is 10.3. The number of azo groups is 1. The van der Waals surface area contributed by atoms with E-state index in [1.54, 1.807) is 31.2 Å². The van der Waals surface area contributed by atoms with Crippen molar-refractivity contribution in [1.82, 2.24) is 5.32 Å². The molecule has 2 aromatic carbocycles. The molecule has 1 amide bonds. The van der Waals surface area contributed by atoms with Crippen molar-refractivity contribution < 1.29 is 14.5 Å². The van der Waals surface area contributed by atoms with Crippen molar-refractivity contribution in [3.05, 3.63) is 58.6 Å². The number of nitrogens with one attached hydrogen (secondary N) is 1. The number of hydrogen-bond acceptors (Lipinski definition) is 6. The van der Waals surface area contributed by atoms with Crippen LogP contribution in [0.1, 0.15) is 6.92 Å². The van der Waals surface area contributed by atoms with Crippen LogP contribution in [-0.4, -0.2) is 17.6 Å². The predicted octanol–water partition coefficient (Wildman–Crippen LogP) is 4.12. The van der Waals surface area contributed by atoms with Crippen LogP contribution >= 0.6 is 0 Å². The summed E-state index contributed by atoms with van der Waals surface area (Å²) in [5.74, 6) is 0.394. The number of nitro groups is 1. The first-order valence-electron chi connectivity index (χ1n) is 6.80. The summed E-state index contributed by atoms with van der Waals surface area (Å²) in [6, 6.07) is 12.2. The van der Waals surface area contributed by atoms with E-state index in [4.69, 9.17) is 4.74 Å². The highest BCUT2D eigenvalue weighted by Gasteiger charge is 2.04. The largest absolute Gasteiger partial charge is 0.412 e. The summed E-state index contributed by atoms with van der Waals surface area (Å²) in [4.78, 5) is 21.3. The van der Waals surface area contributed by atoms with E-state index in [-0.39, 0.29) is 5.69 Å². The smallest absolute Gasteiger partial charge is 0.410 e. The lowest BCUT2D eigenvalue weighted by Gasteiger charge is -2.04. The van der Waals surface area contributed by atoms with Crippen molar-refractivity contribution in [2.75, 3.05) is 6.54 Å². The molecule has 0 atom stereocenters. The zero-order valence-electron chi connectivity index (χ0n) is 12.3. The minimum absolute atomic E-state index is 0.00388. The molecular formula is C15H14N4O4. The summed E-state index contributed by atoms with van der Waals surface area (Å²) in [6.45, 7) is 2.28. The first kappa shape index (κ1) is 16.1. The van der Waals surface area contributed by atoms with Crippen LogP contribution in [0, 0.1) is 10.1 Å². The molecule has 0 bridgehead atoms. The van der Waals surface area contributed by atoms with Crippen LogP contribution in [0.15, 0.2) is 58.8 Å². The van der Waals surface area contributed by atoms with Crippen LogP contribution in [0.5, 0.6) is 5.75 Å². The highest BCUT2D eigenvalue weighted by molar-refractivity contribution is 5.70. The Hall–Kier alpha value is -3.29. The maximum atomic E-state index is 11.3. The Morgan fingerprint density at radius 1 is 1.09 bits per heavy atom. The zero-order chi connectivity index (χ0) is 16.7. The minimum atomic E-state index is -0.521. The summed E-state index contributed by atoms with van der Waals surface area (Å²) < 4.78 is 5.02. The van der Waals surface area contributed by atoms with Gasteiger partial charge in [-0.2, -0.15) is 10.2 Å². The van der Waals surface area contributed by atoms with Gasteiger partial charge in [0.2, 0.25) is 0 Å². The van der Waals surface area contributed by atoms with Gasteiger partial charge in [-0.25, -0.2) is 4.79 Å². The molecule has 0 radical (unpaired) electrons. The predicted molar refractivity (Wildman–Crippen MR) is 83.4 cm³/mol. The van der Waals surface area contributed by atoms with Gasteiger partial charge in [-0.05, 0) is 43.3 Å². The molecule has 0 saturated heterocycles. The SMILES string of the molecule is CCNC(=O)Oc1ccc(N=Nc2ccc([N+](=O)[O-])cc2)cc1. The molecule has 0 spiro atoms. The lowest BCUT2D eigenvalue weighted by Crippen LogP contribution is -2.26. The van der Waals surface area contributed by atoms with E-state index < -0.39 is 11.0 Å². The molecule has 1 N–H and O–H groups in total. The molecule has 0 heterocycles. The number of non-ortho nitro benzene ring substituents is 1. The summed E-state index contributed by atoms with van der Waals surface area (Å²) in [6.07, 6.45) is -0.521. The second-order valence-electron chi connectivity index (χ2n) is 4.39. The Labute approximate surface area is 132 Å². The van der Waals surface area contributed by atoms with E-state index in [9.17, 15) is 14.9 Å². The average Bonchev–Trinajstić information content (AvgIpc) is 2.55. The molecule has 0 fully saturated rings.